The van der Waals surface area contributed by atoms with Gasteiger partial charge in [-0.3, -0.25) is 9.78 Å². The molecule has 1 rings (SSSR count). The van der Waals surface area contributed by atoms with E-state index in [1.165, 1.54) is 0 Å². The maximum atomic E-state index is 11.3. The van der Waals surface area contributed by atoms with Crippen LogP contribution in [0.4, 0.5) is 0 Å². The van der Waals surface area contributed by atoms with Crippen LogP contribution >= 0.6 is 0 Å². The molecule has 0 aliphatic carbocycles. The number of carbonyl (C=O) groups excluding carboxylic acids is 1. The van der Waals surface area contributed by atoms with Crippen molar-refractivity contribution in [2.75, 3.05) is 6.54 Å². The fourth-order valence-electron chi connectivity index (χ4n) is 0.992. The summed E-state index contributed by atoms with van der Waals surface area (Å²) in [6.07, 6.45) is 2.75. The third-order valence-electron chi connectivity index (χ3n) is 1.67. The van der Waals surface area contributed by atoms with Crippen LogP contribution in [0.5, 0.6) is 5.75 Å². The Morgan fingerprint density at radius 3 is 3.07 bits per heavy atom. The minimum atomic E-state index is -0.487. The van der Waals surface area contributed by atoms with Gasteiger partial charge in [-0.15, -0.1) is 0 Å². The minimum absolute atomic E-state index is 0.114. The number of ether oxygens (including phenoxy) is 1. The lowest BCUT2D eigenvalue weighted by molar-refractivity contribution is -0.127. The van der Waals surface area contributed by atoms with Gasteiger partial charge in [0, 0.05) is 12.7 Å². The normalized spacial score (nSPS) is 11.9. The van der Waals surface area contributed by atoms with Gasteiger partial charge in [0.05, 0.1) is 6.20 Å². The van der Waals surface area contributed by atoms with Crippen LogP contribution in [0.2, 0.25) is 0 Å². The lowest BCUT2D eigenvalue weighted by Gasteiger charge is -2.13. The van der Waals surface area contributed by atoms with Gasteiger partial charge < -0.3 is 10.1 Å². The average Bonchev–Trinajstić information content (AvgIpc) is 2.19. The lowest BCUT2D eigenvalue weighted by atomic mass is 10.3. The first-order valence-corrected chi connectivity index (χ1v) is 4.58. The van der Waals surface area contributed by atoms with Gasteiger partial charge in [-0.1, -0.05) is 0 Å². The van der Waals surface area contributed by atoms with Gasteiger partial charge in [0.2, 0.25) is 0 Å². The Morgan fingerprint density at radius 2 is 2.50 bits per heavy atom. The van der Waals surface area contributed by atoms with Gasteiger partial charge in [0.15, 0.2) is 6.10 Å². The van der Waals surface area contributed by atoms with E-state index < -0.39 is 6.10 Å². The zero-order valence-electron chi connectivity index (χ0n) is 8.36. The van der Waals surface area contributed by atoms with Crippen molar-refractivity contribution in [3.8, 4) is 5.75 Å². The summed E-state index contributed by atoms with van der Waals surface area (Å²) >= 11 is 0. The van der Waals surface area contributed by atoms with E-state index in [4.69, 9.17) is 4.74 Å². The number of nitrogens with zero attached hydrogens (tertiary/aromatic N) is 1. The van der Waals surface area contributed by atoms with Crippen LogP contribution in [0.3, 0.4) is 0 Å². The molecule has 1 amide bonds. The van der Waals surface area contributed by atoms with E-state index in [0.29, 0.717) is 12.3 Å². The predicted molar refractivity (Wildman–Crippen MR) is 53.0 cm³/mol. The minimum Gasteiger partial charge on any atom is -0.479 e. The Labute approximate surface area is 83.3 Å². The summed E-state index contributed by atoms with van der Waals surface area (Å²) < 4.78 is 5.35. The van der Waals surface area contributed by atoms with Crippen molar-refractivity contribution in [3.05, 3.63) is 24.5 Å². The number of rotatable bonds is 4. The third-order valence-corrected chi connectivity index (χ3v) is 1.67. The summed E-state index contributed by atoms with van der Waals surface area (Å²) in [5.41, 5.74) is 0. The molecule has 0 saturated heterocycles. The molecule has 0 spiro atoms. The van der Waals surface area contributed by atoms with Gasteiger partial charge in [-0.05, 0) is 26.0 Å². The molecule has 0 aromatic carbocycles. The molecule has 76 valence electrons. The van der Waals surface area contributed by atoms with Crippen LogP contribution in [-0.2, 0) is 4.79 Å². The van der Waals surface area contributed by atoms with Gasteiger partial charge in [-0.2, -0.15) is 0 Å². The average molecular weight is 194 g/mol. The molecule has 1 heterocycles. The Morgan fingerprint density at radius 1 is 1.71 bits per heavy atom. The summed E-state index contributed by atoms with van der Waals surface area (Å²) in [4.78, 5) is 15.2. The van der Waals surface area contributed by atoms with E-state index in [0.717, 1.165) is 0 Å². The summed E-state index contributed by atoms with van der Waals surface area (Å²) in [6, 6.07) is 3.53. The molecule has 1 aromatic heterocycles. The molecule has 0 bridgehead atoms. The molecule has 0 radical (unpaired) electrons. The number of aromatic nitrogens is 1. The van der Waals surface area contributed by atoms with Crippen LogP contribution in [0, 0.1) is 0 Å². The fraction of sp³-hybridized carbons (Fsp3) is 0.400. The molecule has 0 aliphatic heterocycles. The summed E-state index contributed by atoms with van der Waals surface area (Å²) in [5.74, 6) is 0.489. The first kappa shape index (κ1) is 10.5. The molecule has 1 atom stereocenters. The summed E-state index contributed by atoms with van der Waals surface area (Å²) in [5, 5.41) is 2.68. The first-order valence-electron chi connectivity index (χ1n) is 4.58. The van der Waals surface area contributed by atoms with E-state index in [1.54, 1.807) is 31.5 Å². The molecule has 0 saturated carbocycles. The Hall–Kier alpha value is -1.58. The smallest absolute Gasteiger partial charge is 0.260 e. The molecule has 4 heteroatoms. The highest BCUT2D eigenvalue weighted by Crippen LogP contribution is 2.08. The van der Waals surface area contributed by atoms with Crippen molar-refractivity contribution in [1.29, 1.82) is 0 Å². The highest BCUT2D eigenvalue weighted by atomic mass is 16.5. The zero-order valence-corrected chi connectivity index (χ0v) is 8.36. The topological polar surface area (TPSA) is 51.2 Å². The second kappa shape index (κ2) is 5.21. The molecule has 0 aliphatic rings. The standard InChI is InChI=1S/C10H14N2O2/c1-3-12-10(13)8(2)14-9-5-4-6-11-7-9/h4-8H,3H2,1-2H3,(H,12,13). The number of nitrogens with one attached hydrogen (secondary N) is 1. The second-order valence-electron chi connectivity index (χ2n) is 2.84. The highest BCUT2D eigenvalue weighted by molar-refractivity contribution is 5.80. The van der Waals surface area contributed by atoms with Gasteiger partial charge in [0.1, 0.15) is 5.75 Å². The number of likely N-dealkylation sites (N-methyl/N-ethyl adjacent to an activating group) is 1. The van der Waals surface area contributed by atoms with Crippen molar-refractivity contribution in [2.24, 2.45) is 0 Å². The highest BCUT2D eigenvalue weighted by Gasteiger charge is 2.12. The van der Waals surface area contributed by atoms with Gasteiger partial charge in [0.25, 0.3) is 5.91 Å². The van der Waals surface area contributed by atoms with Crippen molar-refractivity contribution in [2.45, 2.75) is 20.0 Å². The molecular weight excluding hydrogens is 180 g/mol. The lowest BCUT2D eigenvalue weighted by Crippen LogP contribution is -2.36. The Kier molecular flexibility index (Phi) is 3.91. The van der Waals surface area contributed by atoms with E-state index >= 15 is 0 Å². The second-order valence-corrected chi connectivity index (χ2v) is 2.84. The SMILES string of the molecule is CCNC(=O)C(C)Oc1cccnc1. The molecule has 1 aromatic rings. The van der Waals surface area contributed by atoms with Crippen LogP contribution in [0.25, 0.3) is 0 Å². The van der Waals surface area contributed by atoms with Gasteiger partial charge >= 0.3 is 0 Å². The van der Waals surface area contributed by atoms with E-state index in [-0.39, 0.29) is 5.91 Å². The van der Waals surface area contributed by atoms with Crippen LogP contribution in [0.15, 0.2) is 24.5 Å². The Bertz CT molecular complexity index is 287. The number of hydrogen-bond donors (Lipinski definition) is 1. The monoisotopic (exact) mass is 194 g/mol. The van der Waals surface area contributed by atoms with Crippen LogP contribution in [0.1, 0.15) is 13.8 Å². The van der Waals surface area contributed by atoms with E-state index in [2.05, 4.69) is 10.3 Å². The van der Waals surface area contributed by atoms with Crippen molar-refractivity contribution in [1.82, 2.24) is 10.3 Å². The maximum Gasteiger partial charge on any atom is 0.260 e. The zero-order chi connectivity index (χ0) is 10.4. The molecule has 1 N–H and O–H groups in total. The molecule has 14 heavy (non-hydrogen) atoms. The number of hydrogen-bond acceptors (Lipinski definition) is 3. The van der Waals surface area contributed by atoms with Crippen molar-refractivity contribution < 1.29 is 9.53 Å². The van der Waals surface area contributed by atoms with Crippen molar-refractivity contribution >= 4 is 5.91 Å². The Balaban J connectivity index is 2.49. The molecule has 1 unspecified atom stereocenters. The summed E-state index contributed by atoms with van der Waals surface area (Å²) in [7, 11) is 0. The number of amides is 1. The summed E-state index contributed by atoms with van der Waals surface area (Å²) in [6.45, 7) is 4.19. The molecule has 4 nitrogen and oxygen atoms in total. The van der Waals surface area contributed by atoms with E-state index in [9.17, 15) is 4.79 Å². The maximum absolute atomic E-state index is 11.3. The number of pyridine rings is 1. The first-order chi connectivity index (χ1) is 6.74. The van der Waals surface area contributed by atoms with Crippen molar-refractivity contribution in [3.63, 3.8) is 0 Å². The van der Waals surface area contributed by atoms with E-state index in [1.807, 2.05) is 6.92 Å². The third kappa shape index (κ3) is 3.05. The fourth-order valence-corrected chi connectivity index (χ4v) is 0.992. The molecule has 0 fully saturated rings. The van der Waals surface area contributed by atoms with Crippen LogP contribution in [-0.4, -0.2) is 23.5 Å². The largest absolute Gasteiger partial charge is 0.479 e. The molecular formula is C10H14N2O2. The van der Waals surface area contributed by atoms with Crippen LogP contribution < -0.4 is 10.1 Å². The predicted octanol–water partition coefficient (Wildman–Crippen LogP) is 0.985. The quantitative estimate of drug-likeness (QED) is 0.777. The number of carbonyl (C=O) groups is 1. The van der Waals surface area contributed by atoms with Gasteiger partial charge in [-0.25, -0.2) is 0 Å².